The SMILES string of the molecule is O=C1NC(=O)C2(Oc3[nH]c(=O)[nH]c(=O)c3C2c2ccc(Br)cc2)C(=O)N1. The lowest BCUT2D eigenvalue weighted by Crippen LogP contribution is -2.70. The Morgan fingerprint density at radius 3 is 2.15 bits per heavy atom. The summed E-state index contributed by atoms with van der Waals surface area (Å²) < 4.78 is 6.24. The van der Waals surface area contributed by atoms with Crippen LogP contribution in [0.25, 0.3) is 0 Å². The van der Waals surface area contributed by atoms with Gasteiger partial charge in [-0.2, -0.15) is 0 Å². The van der Waals surface area contributed by atoms with Crippen LogP contribution in [-0.4, -0.2) is 33.4 Å². The van der Waals surface area contributed by atoms with Gasteiger partial charge in [-0.25, -0.2) is 9.59 Å². The van der Waals surface area contributed by atoms with Crippen LogP contribution >= 0.6 is 15.9 Å². The molecule has 2 aliphatic heterocycles. The maximum absolute atomic E-state index is 12.6. The highest BCUT2D eigenvalue weighted by molar-refractivity contribution is 9.10. The summed E-state index contributed by atoms with van der Waals surface area (Å²) in [6.07, 6.45) is 0. The van der Waals surface area contributed by atoms with Crippen LogP contribution in [0.3, 0.4) is 0 Å². The normalized spacial score (nSPS) is 20.3. The summed E-state index contributed by atoms with van der Waals surface area (Å²) in [6, 6.07) is 5.50. The molecule has 4 amide bonds. The predicted molar refractivity (Wildman–Crippen MR) is 88.7 cm³/mol. The number of fused-ring (bicyclic) bond motifs is 1. The van der Waals surface area contributed by atoms with E-state index >= 15 is 0 Å². The molecule has 11 heteroatoms. The summed E-state index contributed by atoms with van der Waals surface area (Å²) in [4.78, 5) is 65.0. The maximum atomic E-state index is 12.6. The number of hydrogen-bond donors (Lipinski definition) is 4. The predicted octanol–water partition coefficient (Wildman–Crippen LogP) is -0.545. The maximum Gasteiger partial charge on any atom is 0.328 e. The Kier molecular flexibility index (Phi) is 3.37. The molecule has 1 fully saturated rings. The Bertz CT molecular complexity index is 1070. The van der Waals surface area contributed by atoms with Crippen LogP contribution in [0.1, 0.15) is 17.0 Å². The van der Waals surface area contributed by atoms with Gasteiger partial charge in [-0.05, 0) is 17.7 Å². The van der Waals surface area contributed by atoms with Crippen LogP contribution in [0.4, 0.5) is 4.79 Å². The average molecular weight is 421 g/mol. The lowest BCUT2D eigenvalue weighted by molar-refractivity contribution is -0.151. The number of amides is 4. The number of imide groups is 2. The molecular formula is C15H9BrN4O6. The quantitative estimate of drug-likeness (QED) is 0.454. The molecule has 132 valence electrons. The van der Waals surface area contributed by atoms with Crippen molar-refractivity contribution in [1.82, 2.24) is 20.6 Å². The lowest BCUT2D eigenvalue weighted by Gasteiger charge is -2.33. The van der Waals surface area contributed by atoms with Gasteiger partial charge < -0.3 is 4.74 Å². The number of urea groups is 1. The summed E-state index contributed by atoms with van der Waals surface area (Å²) >= 11 is 3.28. The molecule has 3 heterocycles. The highest BCUT2D eigenvalue weighted by Gasteiger charge is 2.64. The van der Waals surface area contributed by atoms with Gasteiger partial charge in [-0.15, -0.1) is 0 Å². The molecule has 0 saturated carbocycles. The molecule has 1 unspecified atom stereocenters. The summed E-state index contributed by atoms with van der Waals surface area (Å²) in [5.74, 6) is -3.54. The molecule has 2 aliphatic rings. The molecule has 2 aromatic rings. The minimum Gasteiger partial charge on any atom is -0.451 e. The van der Waals surface area contributed by atoms with Gasteiger partial charge in [-0.1, -0.05) is 28.1 Å². The van der Waals surface area contributed by atoms with Gasteiger partial charge in [-0.3, -0.25) is 35.0 Å². The van der Waals surface area contributed by atoms with E-state index in [1.165, 1.54) is 0 Å². The minimum atomic E-state index is -2.25. The van der Waals surface area contributed by atoms with Gasteiger partial charge in [0.15, 0.2) is 0 Å². The first kappa shape index (κ1) is 16.3. The van der Waals surface area contributed by atoms with Crippen molar-refractivity contribution in [3.63, 3.8) is 0 Å². The van der Waals surface area contributed by atoms with E-state index in [-0.39, 0.29) is 11.4 Å². The van der Waals surface area contributed by atoms with E-state index in [0.717, 1.165) is 4.47 Å². The number of benzene rings is 1. The van der Waals surface area contributed by atoms with Crippen LogP contribution in [0, 0.1) is 0 Å². The van der Waals surface area contributed by atoms with E-state index in [4.69, 9.17) is 4.74 Å². The minimum absolute atomic E-state index is 0.0911. The van der Waals surface area contributed by atoms with Crippen LogP contribution in [0.15, 0.2) is 38.3 Å². The highest BCUT2D eigenvalue weighted by atomic mass is 79.9. The number of H-pyrrole nitrogens is 2. The van der Waals surface area contributed by atoms with Gasteiger partial charge in [0.2, 0.25) is 5.88 Å². The van der Waals surface area contributed by atoms with E-state index < -0.39 is 40.6 Å². The molecule has 1 aromatic heterocycles. The molecule has 4 rings (SSSR count). The third-order valence-corrected chi connectivity index (χ3v) is 4.76. The van der Waals surface area contributed by atoms with E-state index in [0.29, 0.717) is 5.56 Å². The smallest absolute Gasteiger partial charge is 0.328 e. The molecular weight excluding hydrogens is 412 g/mol. The van der Waals surface area contributed by atoms with E-state index in [2.05, 4.69) is 25.9 Å². The number of carbonyl (C=O) groups is 3. The molecule has 0 aliphatic carbocycles. The van der Waals surface area contributed by atoms with Crippen LogP contribution in [-0.2, 0) is 9.59 Å². The fourth-order valence-corrected chi connectivity index (χ4v) is 3.44. The monoisotopic (exact) mass is 420 g/mol. The van der Waals surface area contributed by atoms with Crippen molar-refractivity contribution in [1.29, 1.82) is 0 Å². The second-order valence-electron chi connectivity index (χ2n) is 5.71. The molecule has 1 saturated heterocycles. The van der Waals surface area contributed by atoms with Gasteiger partial charge in [0, 0.05) is 4.47 Å². The number of barbiturate groups is 1. The zero-order valence-electron chi connectivity index (χ0n) is 12.7. The first-order valence-electron chi connectivity index (χ1n) is 7.31. The van der Waals surface area contributed by atoms with Gasteiger partial charge in [0.25, 0.3) is 23.0 Å². The number of aromatic nitrogens is 2. The fourth-order valence-electron chi connectivity index (χ4n) is 3.18. The van der Waals surface area contributed by atoms with Gasteiger partial charge in [0.05, 0.1) is 11.5 Å². The molecule has 0 radical (unpaired) electrons. The molecule has 10 nitrogen and oxygen atoms in total. The summed E-state index contributed by atoms with van der Waals surface area (Å²) in [5.41, 5.74) is -3.59. The van der Waals surface area contributed by atoms with E-state index in [9.17, 15) is 24.0 Å². The highest BCUT2D eigenvalue weighted by Crippen LogP contribution is 2.46. The van der Waals surface area contributed by atoms with Gasteiger partial charge in [0.1, 0.15) is 0 Å². The van der Waals surface area contributed by atoms with Crippen molar-refractivity contribution in [2.45, 2.75) is 11.5 Å². The van der Waals surface area contributed by atoms with Crippen molar-refractivity contribution < 1.29 is 19.1 Å². The van der Waals surface area contributed by atoms with Gasteiger partial charge >= 0.3 is 11.7 Å². The van der Waals surface area contributed by atoms with Crippen molar-refractivity contribution in [2.75, 3.05) is 0 Å². The lowest BCUT2D eigenvalue weighted by atomic mass is 9.77. The molecule has 26 heavy (non-hydrogen) atoms. The molecule has 4 N–H and O–H groups in total. The Balaban J connectivity index is 2.02. The van der Waals surface area contributed by atoms with Crippen molar-refractivity contribution in [3.05, 3.63) is 60.7 Å². The number of nitrogens with one attached hydrogen (secondary N) is 4. The summed E-state index contributed by atoms with van der Waals surface area (Å²) in [7, 11) is 0. The summed E-state index contributed by atoms with van der Waals surface area (Å²) in [6.45, 7) is 0. The number of halogens is 1. The molecule has 0 bridgehead atoms. The van der Waals surface area contributed by atoms with Crippen molar-refractivity contribution in [3.8, 4) is 5.88 Å². The zero-order valence-corrected chi connectivity index (χ0v) is 14.3. The topological polar surface area (TPSA) is 150 Å². The van der Waals surface area contributed by atoms with Crippen LogP contribution < -0.4 is 26.6 Å². The molecule has 1 spiro atoms. The Morgan fingerprint density at radius 2 is 1.54 bits per heavy atom. The number of carbonyl (C=O) groups excluding carboxylic acids is 3. The van der Waals surface area contributed by atoms with E-state index in [1.807, 2.05) is 10.6 Å². The number of hydrogen-bond acceptors (Lipinski definition) is 6. The Hall–Kier alpha value is -3.21. The number of aromatic amines is 2. The second-order valence-corrected chi connectivity index (χ2v) is 6.63. The third kappa shape index (κ3) is 2.13. The Morgan fingerprint density at radius 1 is 0.923 bits per heavy atom. The van der Waals surface area contributed by atoms with E-state index in [1.54, 1.807) is 24.3 Å². The fraction of sp³-hybridized carbons (Fsp3) is 0.133. The van der Waals surface area contributed by atoms with Crippen molar-refractivity contribution in [2.24, 2.45) is 0 Å². The zero-order chi connectivity index (χ0) is 18.6. The largest absolute Gasteiger partial charge is 0.451 e. The summed E-state index contributed by atoms with van der Waals surface area (Å²) in [5, 5.41) is 3.95. The molecule has 1 atom stereocenters. The standard InChI is InChI=1S/C15H9BrN4O6/c16-6-3-1-5(2-4-6)8-7-9(21)17-13(24)18-10(7)26-15(8)11(22)19-14(25)20-12(15)23/h1-4,8H,(H2,17,18,21,24)(H2,19,20,22,23,25). The number of ether oxygens (including phenoxy) is 1. The average Bonchev–Trinajstić information content (AvgIpc) is 2.90. The Labute approximate surface area is 152 Å². The van der Waals surface area contributed by atoms with Crippen molar-refractivity contribution >= 4 is 33.8 Å². The van der Waals surface area contributed by atoms with Crippen LogP contribution in [0.2, 0.25) is 0 Å². The third-order valence-electron chi connectivity index (χ3n) is 4.23. The molecule has 1 aromatic carbocycles. The first-order chi connectivity index (χ1) is 12.3. The first-order valence-corrected chi connectivity index (χ1v) is 8.10. The number of rotatable bonds is 1. The second kappa shape index (κ2) is 5.39. The van der Waals surface area contributed by atoms with Crippen LogP contribution in [0.5, 0.6) is 5.88 Å².